The van der Waals surface area contributed by atoms with Crippen LogP contribution in [-0.2, 0) is 0 Å². The second-order valence-corrected chi connectivity index (χ2v) is 5.49. The molecule has 0 spiro atoms. The normalized spacial score (nSPS) is 16.7. The molecule has 1 saturated carbocycles. The van der Waals surface area contributed by atoms with E-state index in [1.165, 1.54) is 25.0 Å². The molecule has 0 radical (unpaired) electrons. The van der Waals surface area contributed by atoms with Crippen LogP contribution in [0.2, 0.25) is 0 Å². The fraction of sp³-hybridized carbons (Fsp3) is 0.538. The molecule has 0 saturated heterocycles. The number of rotatable bonds is 6. The van der Waals surface area contributed by atoms with E-state index in [2.05, 4.69) is 21.2 Å². The SMILES string of the molecule is CNCC(O)c1cc(F)cc(Br)c1OCC1CC1. The highest BCUT2D eigenvalue weighted by molar-refractivity contribution is 9.10. The van der Waals surface area contributed by atoms with Crippen molar-refractivity contribution in [3.63, 3.8) is 0 Å². The first-order valence-corrected chi connectivity index (χ1v) is 6.85. The largest absolute Gasteiger partial charge is 0.492 e. The molecule has 1 aliphatic carbocycles. The Bertz CT molecular complexity index is 424. The maximum Gasteiger partial charge on any atom is 0.139 e. The summed E-state index contributed by atoms with van der Waals surface area (Å²) < 4.78 is 19.7. The number of likely N-dealkylation sites (N-methyl/N-ethyl adjacent to an activating group) is 1. The highest BCUT2D eigenvalue weighted by Crippen LogP contribution is 2.36. The van der Waals surface area contributed by atoms with E-state index in [4.69, 9.17) is 4.74 Å². The van der Waals surface area contributed by atoms with Crippen LogP contribution >= 0.6 is 15.9 Å². The molecule has 1 aromatic carbocycles. The van der Waals surface area contributed by atoms with Gasteiger partial charge < -0.3 is 15.2 Å². The molecule has 0 bridgehead atoms. The molecule has 0 heterocycles. The van der Waals surface area contributed by atoms with Crippen LogP contribution in [0.15, 0.2) is 16.6 Å². The first kappa shape index (κ1) is 13.8. The third-order valence-corrected chi connectivity index (χ3v) is 3.54. The van der Waals surface area contributed by atoms with Gasteiger partial charge >= 0.3 is 0 Å². The van der Waals surface area contributed by atoms with E-state index in [0.717, 1.165) is 0 Å². The molecule has 1 aliphatic rings. The Hall–Kier alpha value is -0.650. The van der Waals surface area contributed by atoms with Gasteiger partial charge in [0.1, 0.15) is 11.6 Å². The van der Waals surface area contributed by atoms with E-state index in [0.29, 0.717) is 34.9 Å². The molecule has 0 amide bonds. The number of benzene rings is 1. The number of aliphatic hydroxyl groups excluding tert-OH is 1. The third-order valence-electron chi connectivity index (χ3n) is 2.95. The molecule has 5 heteroatoms. The van der Waals surface area contributed by atoms with Crippen LogP contribution in [0.5, 0.6) is 5.75 Å². The van der Waals surface area contributed by atoms with Crippen LogP contribution in [0.4, 0.5) is 4.39 Å². The highest BCUT2D eigenvalue weighted by Gasteiger charge is 2.24. The standard InChI is InChI=1S/C13H17BrFNO2/c1-16-6-12(17)10-4-9(15)5-11(14)13(10)18-7-8-2-3-8/h4-5,8,12,16-17H,2-3,6-7H2,1H3. The topological polar surface area (TPSA) is 41.5 Å². The van der Waals surface area contributed by atoms with Crippen molar-refractivity contribution in [2.24, 2.45) is 5.92 Å². The maximum absolute atomic E-state index is 13.4. The number of nitrogens with one attached hydrogen (secondary N) is 1. The van der Waals surface area contributed by atoms with Crippen molar-refractivity contribution in [1.29, 1.82) is 0 Å². The Balaban J connectivity index is 2.21. The van der Waals surface area contributed by atoms with Crippen LogP contribution in [0.25, 0.3) is 0 Å². The van der Waals surface area contributed by atoms with Gasteiger partial charge in [0.15, 0.2) is 0 Å². The van der Waals surface area contributed by atoms with Crippen molar-refractivity contribution >= 4 is 15.9 Å². The number of hydrogen-bond donors (Lipinski definition) is 2. The number of aliphatic hydroxyl groups is 1. The van der Waals surface area contributed by atoms with E-state index in [9.17, 15) is 9.50 Å². The lowest BCUT2D eigenvalue weighted by atomic mass is 10.1. The molecule has 1 atom stereocenters. The lowest BCUT2D eigenvalue weighted by molar-refractivity contribution is 0.169. The quantitative estimate of drug-likeness (QED) is 0.847. The molecule has 18 heavy (non-hydrogen) atoms. The Morgan fingerprint density at radius 1 is 1.56 bits per heavy atom. The van der Waals surface area contributed by atoms with Gasteiger partial charge in [0.05, 0.1) is 17.2 Å². The summed E-state index contributed by atoms with van der Waals surface area (Å²) in [5, 5.41) is 12.9. The molecule has 100 valence electrons. The van der Waals surface area contributed by atoms with Gasteiger partial charge in [-0.25, -0.2) is 4.39 Å². The van der Waals surface area contributed by atoms with Crippen molar-refractivity contribution in [1.82, 2.24) is 5.32 Å². The second-order valence-electron chi connectivity index (χ2n) is 4.63. The van der Waals surface area contributed by atoms with Gasteiger partial charge in [0.25, 0.3) is 0 Å². The van der Waals surface area contributed by atoms with Gasteiger partial charge in [0.2, 0.25) is 0 Å². The Labute approximate surface area is 114 Å². The summed E-state index contributed by atoms with van der Waals surface area (Å²) >= 11 is 3.29. The Morgan fingerprint density at radius 2 is 2.28 bits per heavy atom. The average molecular weight is 318 g/mol. The van der Waals surface area contributed by atoms with Gasteiger partial charge in [-0.05, 0) is 53.9 Å². The van der Waals surface area contributed by atoms with Crippen LogP contribution in [0, 0.1) is 11.7 Å². The van der Waals surface area contributed by atoms with E-state index in [1.54, 1.807) is 7.05 Å². The molecular weight excluding hydrogens is 301 g/mol. The van der Waals surface area contributed by atoms with Crippen molar-refractivity contribution in [3.8, 4) is 5.75 Å². The zero-order chi connectivity index (χ0) is 13.1. The van der Waals surface area contributed by atoms with E-state index >= 15 is 0 Å². The summed E-state index contributed by atoms with van der Waals surface area (Å²) in [6, 6.07) is 2.69. The van der Waals surface area contributed by atoms with Crippen molar-refractivity contribution < 1.29 is 14.2 Å². The van der Waals surface area contributed by atoms with Crippen LogP contribution in [0.1, 0.15) is 24.5 Å². The van der Waals surface area contributed by atoms with E-state index < -0.39 is 6.10 Å². The Kier molecular flexibility index (Phi) is 4.59. The summed E-state index contributed by atoms with van der Waals surface area (Å²) in [6.07, 6.45) is 1.59. The van der Waals surface area contributed by atoms with E-state index in [-0.39, 0.29) is 5.82 Å². The number of ether oxygens (including phenoxy) is 1. The molecule has 0 aromatic heterocycles. The van der Waals surface area contributed by atoms with Gasteiger partial charge in [-0.15, -0.1) is 0 Å². The number of hydrogen-bond acceptors (Lipinski definition) is 3. The van der Waals surface area contributed by atoms with Crippen molar-refractivity contribution in [2.45, 2.75) is 18.9 Å². The Morgan fingerprint density at radius 3 is 2.89 bits per heavy atom. The minimum Gasteiger partial charge on any atom is -0.492 e. The van der Waals surface area contributed by atoms with Gasteiger partial charge in [-0.2, -0.15) is 0 Å². The first-order chi connectivity index (χ1) is 8.61. The molecule has 1 fully saturated rings. The second kappa shape index (κ2) is 5.99. The zero-order valence-electron chi connectivity index (χ0n) is 10.2. The minimum atomic E-state index is -0.781. The predicted molar refractivity (Wildman–Crippen MR) is 71.2 cm³/mol. The summed E-state index contributed by atoms with van der Waals surface area (Å²) in [5.74, 6) is 0.771. The smallest absolute Gasteiger partial charge is 0.139 e. The summed E-state index contributed by atoms with van der Waals surface area (Å²) in [6.45, 7) is 0.985. The van der Waals surface area contributed by atoms with Gasteiger partial charge in [-0.3, -0.25) is 0 Å². The number of halogens is 2. The molecule has 2 N–H and O–H groups in total. The fourth-order valence-electron chi connectivity index (χ4n) is 1.77. The van der Waals surface area contributed by atoms with Crippen LogP contribution in [0.3, 0.4) is 0 Å². The van der Waals surface area contributed by atoms with Crippen LogP contribution < -0.4 is 10.1 Å². The first-order valence-electron chi connectivity index (χ1n) is 6.06. The van der Waals surface area contributed by atoms with Crippen molar-refractivity contribution in [3.05, 3.63) is 28.0 Å². The zero-order valence-corrected chi connectivity index (χ0v) is 11.8. The summed E-state index contributed by atoms with van der Waals surface area (Å²) in [7, 11) is 1.74. The van der Waals surface area contributed by atoms with Gasteiger partial charge in [-0.1, -0.05) is 0 Å². The molecular formula is C13H17BrFNO2. The molecule has 0 aliphatic heterocycles. The third kappa shape index (κ3) is 3.43. The summed E-state index contributed by atoms with van der Waals surface area (Å²) in [4.78, 5) is 0. The molecule has 1 aromatic rings. The minimum absolute atomic E-state index is 0.357. The molecule has 3 nitrogen and oxygen atoms in total. The molecule has 1 unspecified atom stereocenters. The van der Waals surface area contributed by atoms with Crippen LogP contribution in [-0.4, -0.2) is 25.3 Å². The maximum atomic E-state index is 13.4. The lowest BCUT2D eigenvalue weighted by Gasteiger charge is -2.17. The monoisotopic (exact) mass is 317 g/mol. The average Bonchev–Trinajstić information content (AvgIpc) is 3.11. The molecule has 2 rings (SSSR count). The van der Waals surface area contributed by atoms with Gasteiger partial charge in [0, 0.05) is 12.1 Å². The predicted octanol–water partition coefficient (Wildman–Crippen LogP) is 2.63. The van der Waals surface area contributed by atoms with E-state index in [1.807, 2.05) is 0 Å². The summed E-state index contributed by atoms with van der Waals surface area (Å²) in [5.41, 5.74) is 0.483. The fourth-order valence-corrected chi connectivity index (χ4v) is 2.33. The lowest BCUT2D eigenvalue weighted by Crippen LogP contribution is -2.18. The highest BCUT2D eigenvalue weighted by atomic mass is 79.9. The van der Waals surface area contributed by atoms with Crippen molar-refractivity contribution in [2.75, 3.05) is 20.2 Å².